The first-order valence-corrected chi connectivity index (χ1v) is 6.42. The molecule has 0 aliphatic carbocycles. The molecule has 0 aliphatic heterocycles. The zero-order valence-electron chi connectivity index (χ0n) is 11.7. The molecule has 0 saturated carbocycles. The summed E-state index contributed by atoms with van der Waals surface area (Å²) >= 11 is 0. The number of hydrogen-bond donors (Lipinski definition) is 0. The van der Waals surface area contributed by atoms with E-state index in [9.17, 15) is 19.7 Å². The molecule has 1 aromatic rings. The standard InChI is InChI=1S/C14H17NO6/c1-20-7-8-21-14(17)10-13(16)6-5-11-3-2-4-12(9-11)15(18)19/h2-4,9H,5-8,10H2,1H3. The Morgan fingerprint density at radius 1 is 1.29 bits per heavy atom. The number of non-ortho nitro benzene ring substituents is 1. The largest absolute Gasteiger partial charge is 0.463 e. The molecule has 0 unspecified atom stereocenters. The number of nitro groups is 1. The number of carbonyl (C=O) groups excluding carboxylic acids is 2. The highest BCUT2D eigenvalue weighted by Gasteiger charge is 2.12. The van der Waals surface area contributed by atoms with E-state index in [4.69, 9.17) is 9.47 Å². The van der Waals surface area contributed by atoms with E-state index in [-0.39, 0.29) is 37.5 Å². The highest BCUT2D eigenvalue weighted by Crippen LogP contribution is 2.14. The van der Waals surface area contributed by atoms with Gasteiger partial charge < -0.3 is 9.47 Å². The molecule has 0 amide bonds. The molecular formula is C14H17NO6. The Morgan fingerprint density at radius 2 is 2.05 bits per heavy atom. The van der Waals surface area contributed by atoms with Crippen LogP contribution in [0.25, 0.3) is 0 Å². The molecule has 0 aromatic heterocycles. The van der Waals surface area contributed by atoms with Gasteiger partial charge in [-0.15, -0.1) is 0 Å². The van der Waals surface area contributed by atoms with Gasteiger partial charge in [0.15, 0.2) is 0 Å². The van der Waals surface area contributed by atoms with Crippen LogP contribution in [0.15, 0.2) is 24.3 Å². The number of ether oxygens (including phenoxy) is 2. The summed E-state index contributed by atoms with van der Waals surface area (Å²) in [5.74, 6) is -0.847. The maximum absolute atomic E-state index is 11.6. The lowest BCUT2D eigenvalue weighted by molar-refractivity contribution is -0.384. The molecular weight excluding hydrogens is 278 g/mol. The van der Waals surface area contributed by atoms with Gasteiger partial charge >= 0.3 is 5.97 Å². The van der Waals surface area contributed by atoms with Crippen LogP contribution in [0.2, 0.25) is 0 Å². The molecule has 114 valence electrons. The number of hydrogen-bond acceptors (Lipinski definition) is 6. The van der Waals surface area contributed by atoms with Gasteiger partial charge in [0.2, 0.25) is 0 Å². The third-order valence-corrected chi connectivity index (χ3v) is 2.71. The van der Waals surface area contributed by atoms with Crippen LogP contribution in [0.4, 0.5) is 5.69 Å². The molecule has 0 spiro atoms. The Balaban J connectivity index is 2.37. The van der Waals surface area contributed by atoms with E-state index >= 15 is 0 Å². The fourth-order valence-electron chi connectivity index (χ4n) is 1.65. The summed E-state index contributed by atoms with van der Waals surface area (Å²) in [5, 5.41) is 10.6. The average Bonchev–Trinajstić information content (AvgIpc) is 2.45. The van der Waals surface area contributed by atoms with Gasteiger partial charge in [0.25, 0.3) is 5.69 Å². The fourth-order valence-corrected chi connectivity index (χ4v) is 1.65. The average molecular weight is 295 g/mol. The minimum absolute atomic E-state index is 0.0149. The van der Waals surface area contributed by atoms with Crippen LogP contribution in [-0.4, -0.2) is 37.0 Å². The number of ketones is 1. The molecule has 0 N–H and O–H groups in total. The predicted molar refractivity (Wildman–Crippen MR) is 73.9 cm³/mol. The molecule has 1 rings (SSSR count). The van der Waals surface area contributed by atoms with Crippen molar-refractivity contribution in [2.45, 2.75) is 19.3 Å². The van der Waals surface area contributed by atoms with E-state index < -0.39 is 10.9 Å². The molecule has 0 fully saturated rings. The van der Waals surface area contributed by atoms with Crippen LogP contribution in [-0.2, 0) is 25.5 Å². The van der Waals surface area contributed by atoms with E-state index in [1.165, 1.54) is 19.2 Å². The SMILES string of the molecule is COCCOC(=O)CC(=O)CCc1cccc([N+](=O)[O-])c1. The van der Waals surface area contributed by atoms with Crippen LogP contribution < -0.4 is 0 Å². The maximum Gasteiger partial charge on any atom is 0.313 e. The molecule has 0 atom stereocenters. The van der Waals surface area contributed by atoms with Gasteiger partial charge in [0.1, 0.15) is 18.8 Å². The molecule has 0 aliphatic rings. The van der Waals surface area contributed by atoms with Crippen molar-refractivity contribution in [3.05, 3.63) is 39.9 Å². The Hall–Kier alpha value is -2.28. The van der Waals surface area contributed by atoms with Gasteiger partial charge in [0, 0.05) is 25.7 Å². The molecule has 0 saturated heterocycles. The van der Waals surface area contributed by atoms with Gasteiger partial charge in [0.05, 0.1) is 11.5 Å². The first-order valence-electron chi connectivity index (χ1n) is 6.42. The summed E-state index contributed by atoms with van der Waals surface area (Å²) in [7, 11) is 1.48. The number of methoxy groups -OCH3 is 1. The van der Waals surface area contributed by atoms with Crippen molar-refractivity contribution in [3.63, 3.8) is 0 Å². The Bertz CT molecular complexity index is 514. The summed E-state index contributed by atoms with van der Waals surface area (Å²) in [6.07, 6.45) is 0.199. The second-order valence-electron chi connectivity index (χ2n) is 4.36. The van der Waals surface area contributed by atoms with Crippen molar-refractivity contribution in [1.82, 2.24) is 0 Å². The Labute approximate surface area is 122 Å². The van der Waals surface area contributed by atoms with Crippen molar-refractivity contribution in [2.24, 2.45) is 0 Å². The highest BCUT2D eigenvalue weighted by atomic mass is 16.6. The summed E-state index contributed by atoms with van der Waals surface area (Å²) in [6.45, 7) is 0.404. The fraction of sp³-hybridized carbons (Fsp3) is 0.429. The zero-order valence-corrected chi connectivity index (χ0v) is 11.7. The number of aryl methyl sites for hydroxylation is 1. The monoisotopic (exact) mass is 295 g/mol. The maximum atomic E-state index is 11.6. The molecule has 7 nitrogen and oxygen atoms in total. The summed E-state index contributed by atoms with van der Waals surface area (Å²) in [4.78, 5) is 33.0. The number of benzene rings is 1. The van der Waals surface area contributed by atoms with E-state index in [0.717, 1.165) is 0 Å². The van der Waals surface area contributed by atoms with Gasteiger partial charge in [-0.3, -0.25) is 19.7 Å². The van der Waals surface area contributed by atoms with Crippen LogP contribution >= 0.6 is 0 Å². The number of nitro benzene ring substituents is 1. The minimum atomic E-state index is -0.587. The lowest BCUT2D eigenvalue weighted by Crippen LogP contribution is -2.14. The van der Waals surface area contributed by atoms with E-state index in [1.54, 1.807) is 12.1 Å². The Morgan fingerprint density at radius 3 is 2.71 bits per heavy atom. The summed E-state index contributed by atoms with van der Waals surface area (Å²) in [5.41, 5.74) is 0.671. The normalized spacial score (nSPS) is 10.1. The first kappa shape index (κ1) is 16.8. The number of Topliss-reactive ketones (excluding diaryl/α,β-unsaturated/α-hetero) is 1. The van der Waals surface area contributed by atoms with Crippen LogP contribution in [0.1, 0.15) is 18.4 Å². The van der Waals surface area contributed by atoms with Gasteiger partial charge in [-0.1, -0.05) is 12.1 Å². The number of carbonyl (C=O) groups is 2. The molecule has 0 heterocycles. The van der Waals surface area contributed by atoms with Crippen molar-refractivity contribution in [3.8, 4) is 0 Å². The number of nitrogens with zero attached hydrogens (tertiary/aromatic N) is 1. The molecule has 7 heteroatoms. The molecule has 21 heavy (non-hydrogen) atoms. The first-order chi connectivity index (χ1) is 10.0. The quantitative estimate of drug-likeness (QED) is 0.226. The van der Waals surface area contributed by atoms with E-state index in [0.29, 0.717) is 12.0 Å². The summed E-state index contributed by atoms with van der Waals surface area (Å²) < 4.78 is 9.50. The van der Waals surface area contributed by atoms with Gasteiger partial charge in [-0.25, -0.2) is 0 Å². The molecule has 0 bridgehead atoms. The smallest absolute Gasteiger partial charge is 0.313 e. The lowest BCUT2D eigenvalue weighted by atomic mass is 10.1. The second kappa shape index (κ2) is 8.80. The number of rotatable bonds is 9. The number of esters is 1. The van der Waals surface area contributed by atoms with Crippen LogP contribution in [0.3, 0.4) is 0 Å². The van der Waals surface area contributed by atoms with Gasteiger partial charge in [-0.2, -0.15) is 0 Å². The third kappa shape index (κ3) is 6.62. The van der Waals surface area contributed by atoms with E-state index in [2.05, 4.69) is 0 Å². The Kier molecular flexibility index (Phi) is 7.03. The van der Waals surface area contributed by atoms with Crippen molar-refractivity contribution in [1.29, 1.82) is 0 Å². The van der Waals surface area contributed by atoms with Crippen molar-refractivity contribution in [2.75, 3.05) is 20.3 Å². The third-order valence-electron chi connectivity index (χ3n) is 2.71. The van der Waals surface area contributed by atoms with Gasteiger partial charge in [-0.05, 0) is 12.0 Å². The lowest BCUT2D eigenvalue weighted by Gasteiger charge is -2.04. The van der Waals surface area contributed by atoms with E-state index in [1.807, 2.05) is 0 Å². The minimum Gasteiger partial charge on any atom is -0.463 e. The van der Waals surface area contributed by atoms with Crippen molar-refractivity contribution >= 4 is 17.4 Å². The predicted octanol–water partition coefficient (Wildman–Crippen LogP) is 1.68. The molecule has 1 aromatic carbocycles. The molecule has 0 radical (unpaired) electrons. The summed E-state index contributed by atoms with van der Waals surface area (Å²) in [6, 6.07) is 6.08. The van der Waals surface area contributed by atoms with Crippen LogP contribution in [0.5, 0.6) is 0 Å². The highest BCUT2D eigenvalue weighted by molar-refractivity contribution is 5.95. The van der Waals surface area contributed by atoms with Crippen LogP contribution in [0, 0.1) is 10.1 Å². The zero-order chi connectivity index (χ0) is 15.7. The second-order valence-corrected chi connectivity index (χ2v) is 4.36. The topological polar surface area (TPSA) is 95.7 Å². The van der Waals surface area contributed by atoms with Crippen molar-refractivity contribution < 1.29 is 24.0 Å².